The van der Waals surface area contributed by atoms with Gasteiger partial charge in [-0.05, 0) is 24.1 Å². The molecule has 5 atom stereocenters. The summed E-state index contributed by atoms with van der Waals surface area (Å²) in [5, 5.41) is 11.8. The van der Waals surface area contributed by atoms with E-state index >= 15 is 0 Å². The molecule has 0 aliphatic carbocycles. The van der Waals surface area contributed by atoms with E-state index in [0.717, 1.165) is 29.4 Å². The molecule has 0 amide bonds. The minimum atomic E-state index is -0.865. The van der Waals surface area contributed by atoms with Crippen LogP contribution >= 0.6 is 0 Å². The van der Waals surface area contributed by atoms with Crippen LogP contribution < -0.4 is 0 Å². The normalized spacial score (nSPS) is 38.2. The third kappa shape index (κ3) is 1.84. The van der Waals surface area contributed by atoms with Crippen molar-refractivity contribution in [2.75, 3.05) is 27.3 Å². The number of rotatable bonds is 2. The molecule has 2 N–H and O–H groups in total. The lowest BCUT2D eigenvalue weighted by atomic mass is 9.54. The van der Waals surface area contributed by atoms with Gasteiger partial charge in [0.25, 0.3) is 0 Å². The van der Waals surface area contributed by atoms with Crippen LogP contribution in [0.5, 0.6) is 0 Å². The van der Waals surface area contributed by atoms with E-state index < -0.39 is 5.41 Å². The Morgan fingerprint density at radius 1 is 1.44 bits per heavy atom. The van der Waals surface area contributed by atoms with Gasteiger partial charge in [-0.2, -0.15) is 0 Å². The second kappa shape index (κ2) is 5.46. The maximum Gasteiger partial charge on any atom is 0.320 e. The van der Waals surface area contributed by atoms with Gasteiger partial charge in [-0.25, -0.2) is 0 Å². The van der Waals surface area contributed by atoms with E-state index in [1.54, 1.807) is 0 Å². The number of ether oxygens (including phenoxy) is 1. The van der Waals surface area contributed by atoms with Crippen molar-refractivity contribution in [3.63, 3.8) is 0 Å². The van der Waals surface area contributed by atoms with Gasteiger partial charge in [0.2, 0.25) is 0 Å². The molecule has 2 aromatic rings. The lowest BCUT2D eigenvalue weighted by molar-refractivity contribution is -0.981. The van der Waals surface area contributed by atoms with Crippen molar-refractivity contribution in [2.24, 2.45) is 11.3 Å². The molecule has 1 aromatic heterocycles. The molecule has 6 rings (SSSR count). The fourth-order valence-corrected chi connectivity index (χ4v) is 6.62. The van der Waals surface area contributed by atoms with E-state index in [0.29, 0.717) is 6.04 Å². The zero-order valence-corrected chi connectivity index (χ0v) is 16.2. The summed E-state index contributed by atoms with van der Waals surface area (Å²) < 4.78 is 6.05. The number of fused-ring (bicyclic) bond motifs is 4. The number of para-hydroxylation sites is 1. The van der Waals surface area contributed by atoms with Crippen molar-refractivity contribution in [3.05, 3.63) is 47.2 Å². The standard InChI is InChI=1S/C22H27N2O3/c1-4-13-11-24(2)18-10-16(13)22(12-25,21(26)27-3)19(24)9-15-14-7-5-6-8-17(14)23-20(15)18/h4-8,16,18-19,23,25H,9-12H2,1-3H3/q+1. The number of benzene rings is 1. The number of allylic oxidation sites excluding steroid dienone is 1. The van der Waals surface area contributed by atoms with Gasteiger partial charge in [-0.1, -0.05) is 24.3 Å². The van der Waals surface area contributed by atoms with Gasteiger partial charge in [0.1, 0.15) is 24.0 Å². The average molecular weight is 367 g/mol. The number of aromatic amines is 1. The summed E-state index contributed by atoms with van der Waals surface area (Å²) in [6.45, 7) is 2.82. The Hall–Kier alpha value is -2.11. The molecule has 3 saturated heterocycles. The number of likely N-dealkylation sites (N-methyl/N-ethyl adjacent to an activating group) is 1. The molecule has 5 heterocycles. The maximum absolute atomic E-state index is 13.1. The molecule has 0 spiro atoms. The highest BCUT2D eigenvalue weighted by molar-refractivity contribution is 5.86. The molecule has 4 aliphatic rings. The van der Waals surface area contributed by atoms with Crippen LogP contribution in [0.15, 0.2) is 35.9 Å². The van der Waals surface area contributed by atoms with E-state index in [4.69, 9.17) is 4.74 Å². The molecule has 5 unspecified atom stereocenters. The molecule has 4 aliphatic heterocycles. The summed E-state index contributed by atoms with van der Waals surface area (Å²) >= 11 is 0. The minimum absolute atomic E-state index is 0.0223. The summed E-state index contributed by atoms with van der Waals surface area (Å²) in [5.41, 5.74) is 4.23. The first-order valence-electron chi connectivity index (χ1n) is 9.80. The number of aliphatic hydroxyl groups is 1. The average Bonchev–Trinajstić information content (AvgIpc) is 3.05. The lowest BCUT2D eigenvalue weighted by Crippen LogP contribution is -2.76. The monoisotopic (exact) mass is 367 g/mol. The van der Waals surface area contributed by atoms with E-state index in [1.807, 2.05) is 6.92 Å². The van der Waals surface area contributed by atoms with Crippen LogP contribution in [0.2, 0.25) is 0 Å². The van der Waals surface area contributed by atoms with Gasteiger partial charge in [0.05, 0.1) is 26.5 Å². The van der Waals surface area contributed by atoms with Gasteiger partial charge in [0, 0.05) is 29.7 Å². The molecule has 0 saturated carbocycles. The van der Waals surface area contributed by atoms with E-state index in [1.165, 1.54) is 29.3 Å². The van der Waals surface area contributed by atoms with Crippen molar-refractivity contribution in [1.82, 2.24) is 4.98 Å². The first kappa shape index (κ1) is 17.0. The van der Waals surface area contributed by atoms with E-state index in [9.17, 15) is 9.90 Å². The predicted molar refractivity (Wildman–Crippen MR) is 103 cm³/mol. The Morgan fingerprint density at radius 2 is 2.22 bits per heavy atom. The summed E-state index contributed by atoms with van der Waals surface area (Å²) in [7, 11) is 3.71. The SMILES string of the molecule is CC=C1C[N+]2(C)C3CC1C(CO)(C(=O)OC)C2Cc1c3[nH]c2ccccc12. The molecule has 3 fully saturated rings. The van der Waals surface area contributed by atoms with Crippen molar-refractivity contribution < 1.29 is 19.1 Å². The molecular formula is C22H27N2O3+. The molecule has 5 heteroatoms. The topological polar surface area (TPSA) is 62.3 Å². The van der Waals surface area contributed by atoms with Gasteiger partial charge >= 0.3 is 5.97 Å². The summed E-state index contributed by atoms with van der Waals surface area (Å²) in [6.07, 6.45) is 3.80. The van der Waals surface area contributed by atoms with Gasteiger partial charge < -0.3 is 19.3 Å². The number of carbonyl (C=O) groups excluding carboxylic acids is 1. The minimum Gasteiger partial charge on any atom is -0.468 e. The molecule has 27 heavy (non-hydrogen) atoms. The zero-order valence-electron chi connectivity index (χ0n) is 16.2. The second-order valence-electron chi connectivity index (χ2n) is 8.65. The van der Waals surface area contributed by atoms with E-state index in [2.05, 4.69) is 42.4 Å². The zero-order chi connectivity index (χ0) is 19.0. The summed E-state index contributed by atoms with van der Waals surface area (Å²) in [4.78, 5) is 16.8. The Kier molecular flexibility index (Phi) is 3.44. The highest BCUT2D eigenvalue weighted by Crippen LogP contribution is 2.62. The molecule has 142 valence electrons. The third-order valence-electron chi connectivity index (χ3n) is 7.85. The van der Waals surface area contributed by atoms with E-state index in [-0.39, 0.29) is 24.5 Å². The number of nitrogens with one attached hydrogen (secondary N) is 1. The molecule has 1 aromatic carbocycles. The van der Waals surface area contributed by atoms with Crippen molar-refractivity contribution in [2.45, 2.75) is 31.8 Å². The van der Waals surface area contributed by atoms with Crippen molar-refractivity contribution >= 4 is 16.9 Å². The van der Waals surface area contributed by atoms with Crippen molar-refractivity contribution in [3.8, 4) is 0 Å². The van der Waals surface area contributed by atoms with Crippen LogP contribution in [0.4, 0.5) is 0 Å². The number of nitrogens with zero attached hydrogens (tertiary/aromatic N) is 1. The lowest BCUT2D eigenvalue weighted by Gasteiger charge is -2.66. The number of esters is 1. The van der Waals surface area contributed by atoms with Gasteiger partial charge in [-0.15, -0.1) is 0 Å². The summed E-state index contributed by atoms with van der Waals surface area (Å²) in [6, 6.07) is 8.76. The number of carbonyl (C=O) groups is 1. The van der Waals surface area contributed by atoms with Crippen molar-refractivity contribution in [1.29, 1.82) is 0 Å². The number of methoxy groups -OCH3 is 1. The predicted octanol–water partition coefficient (Wildman–Crippen LogP) is 2.71. The smallest absolute Gasteiger partial charge is 0.320 e. The summed E-state index contributed by atoms with van der Waals surface area (Å²) in [5.74, 6) is -0.223. The number of H-pyrrole nitrogens is 1. The molecule has 0 radical (unpaired) electrons. The number of hydrogen-bond acceptors (Lipinski definition) is 3. The number of quaternary nitrogens is 1. The second-order valence-corrected chi connectivity index (χ2v) is 8.65. The van der Waals surface area contributed by atoms with Crippen LogP contribution in [0.1, 0.15) is 30.6 Å². The Bertz CT molecular complexity index is 977. The molecular weight excluding hydrogens is 340 g/mol. The van der Waals surface area contributed by atoms with Crippen LogP contribution in [0.3, 0.4) is 0 Å². The fraction of sp³-hybridized carbons (Fsp3) is 0.500. The maximum atomic E-state index is 13.1. The van der Waals surface area contributed by atoms with Crippen LogP contribution in [0.25, 0.3) is 10.9 Å². The highest BCUT2D eigenvalue weighted by Gasteiger charge is 2.71. The Balaban J connectivity index is 1.78. The van der Waals surface area contributed by atoms with Crippen LogP contribution in [0, 0.1) is 11.3 Å². The van der Waals surface area contributed by atoms with Gasteiger partial charge in [-0.3, -0.25) is 4.79 Å². The number of hydrogen-bond donors (Lipinski definition) is 2. The third-order valence-corrected chi connectivity index (χ3v) is 7.85. The number of aliphatic hydroxyl groups excluding tert-OH is 1. The van der Waals surface area contributed by atoms with Crippen LogP contribution in [-0.4, -0.2) is 53.9 Å². The fourth-order valence-electron chi connectivity index (χ4n) is 6.62. The quantitative estimate of drug-likeness (QED) is 0.487. The Labute approximate surface area is 159 Å². The Morgan fingerprint density at radius 3 is 2.93 bits per heavy atom. The number of aromatic nitrogens is 1. The molecule has 4 bridgehead atoms. The highest BCUT2D eigenvalue weighted by atomic mass is 16.5. The first-order chi connectivity index (χ1) is 13.0. The van der Waals surface area contributed by atoms with Crippen LogP contribution in [-0.2, 0) is 16.0 Å². The first-order valence-corrected chi connectivity index (χ1v) is 9.80. The van der Waals surface area contributed by atoms with Gasteiger partial charge in [0.15, 0.2) is 0 Å². The number of piperidine rings is 3. The largest absolute Gasteiger partial charge is 0.468 e. The molecule has 5 nitrogen and oxygen atoms in total.